The Morgan fingerprint density at radius 1 is 1.05 bits per heavy atom. The lowest BCUT2D eigenvalue weighted by molar-refractivity contribution is -0.157. The minimum absolute atomic E-state index is 0.0247. The number of ketones is 1. The second-order valence-corrected chi connectivity index (χ2v) is 17.9. The zero-order valence-corrected chi connectivity index (χ0v) is 40.2. The van der Waals surface area contributed by atoms with Gasteiger partial charge in [-0.2, -0.15) is 0 Å². The molecule has 0 aliphatic carbocycles. The van der Waals surface area contributed by atoms with E-state index in [4.69, 9.17) is 28.3 Å². The number of benzene rings is 3. The van der Waals surface area contributed by atoms with Crippen LogP contribution in [0.3, 0.4) is 0 Å². The van der Waals surface area contributed by atoms with Gasteiger partial charge < -0.3 is 38.9 Å². The number of allylic oxidation sites excluding steroid dienone is 4. The molecule has 0 radical (unpaired) electrons. The molecule has 3 aliphatic heterocycles. The number of nitrogens with zero attached hydrogens (tertiary/aromatic N) is 2. The second kappa shape index (κ2) is 21.1. The summed E-state index contributed by atoms with van der Waals surface area (Å²) in [7, 11) is 0. The molecule has 3 unspecified atom stereocenters. The Morgan fingerprint density at radius 2 is 1.74 bits per heavy atom. The predicted molar refractivity (Wildman–Crippen MR) is 254 cm³/mol. The normalized spacial score (nSPS) is 24.9. The van der Waals surface area contributed by atoms with Crippen molar-refractivity contribution in [1.82, 2.24) is 9.88 Å². The van der Waals surface area contributed by atoms with Gasteiger partial charge in [-0.15, -0.1) is 0 Å². The van der Waals surface area contributed by atoms with Crippen molar-refractivity contribution < 1.29 is 48.0 Å². The van der Waals surface area contributed by atoms with Crippen molar-refractivity contribution >= 4 is 56.3 Å². The largest absolute Gasteiger partial charge is 0.505 e. The summed E-state index contributed by atoms with van der Waals surface area (Å²) in [6.07, 6.45) is 7.95. The number of aliphatic hydroxyl groups is 1. The van der Waals surface area contributed by atoms with Crippen molar-refractivity contribution in [2.45, 2.75) is 139 Å². The molecule has 1 aromatic heterocycles. The number of hydrogen-bond donors (Lipinski definition) is 3. The molecule has 5 bridgehead atoms. The highest BCUT2D eigenvalue weighted by atomic mass is 16.7. The number of Topliss-reactive ketones (excluding diaryl/α,β-unsaturated/α-hetero) is 1. The van der Waals surface area contributed by atoms with E-state index in [1.54, 1.807) is 43.4 Å². The monoisotopic (exact) mass is 897 g/mol. The molecular weight excluding hydrogens is 831 g/mol. The molecule has 3 aromatic carbocycles. The first kappa shape index (κ1) is 50.3. The summed E-state index contributed by atoms with van der Waals surface area (Å²) in [6.45, 7) is 25.3. The van der Waals surface area contributed by atoms with Gasteiger partial charge in [0.2, 0.25) is 0 Å². The smallest absolute Gasteiger partial charge is 0.312 e. The molecule has 6 atom stereocenters. The zero-order valence-electron chi connectivity index (χ0n) is 40.2. The molecule has 14 nitrogen and oxygen atoms in total. The van der Waals surface area contributed by atoms with E-state index in [9.17, 15) is 29.4 Å². The van der Waals surface area contributed by atoms with Crippen LogP contribution in [0, 0.1) is 24.7 Å². The van der Waals surface area contributed by atoms with Crippen molar-refractivity contribution in [2.75, 3.05) is 18.5 Å². The fourth-order valence-electron chi connectivity index (χ4n) is 8.72. The molecule has 4 aromatic rings. The van der Waals surface area contributed by atoms with Gasteiger partial charge in [0.15, 0.2) is 22.3 Å². The molecule has 7 rings (SSSR count). The number of aromatic nitrogens is 1. The molecule has 14 heteroatoms. The Balaban J connectivity index is 0.00000391. The average molecular weight is 898 g/mol. The Bertz CT molecular complexity index is 2570. The van der Waals surface area contributed by atoms with Crippen LogP contribution in [0.1, 0.15) is 118 Å². The highest BCUT2D eigenvalue weighted by Crippen LogP contribution is 2.48. The summed E-state index contributed by atoms with van der Waals surface area (Å²) in [5.41, 5.74) is -0.0495. The third-order valence-corrected chi connectivity index (χ3v) is 12.0. The standard InChI is InChI=1S/C49H61N3O11.C2H6/c1-25(2)52(26(3)4)19-21-59-33-17-18-34-36(24-33)62-46-40(50-34)37-38-42(55)31(9)45-39(37)47(57)49(11,63-45)60-20-13-16-29(7)44(61-32(10)53)35(54)23-28(6)22-27(5)14-12-15-30(8)48(58)51-41(46)43(38)56;1-2/h12-15,17-18,20,24-29,35,44,54,56H,16,19,21-23H2,1-11H3,(H,51,58);1-2H3/b14-12+,20-13+,30-15-;/t27?,28-,29-,35?,44?,49+;/m1./s1. The van der Waals surface area contributed by atoms with Crippen LogP contribution in [-0.4, -0.2) is 81.0 Å². The SMILES string of the molecule is CC.CC(=O)OC1C(O)C[C@H](C)CC(C)/C=C/C=C(/C)C(=O)Nc2c(O)c3c(=O)c(C)c4c(c3c3nc5ccc(OCCN(C(C)C)C(C)C)cc5oc23)C(=O)[C@@](C)(O/C=C/C[C@H]1C)O4. The van der Waals surface area contributed by atoms with Crippen molar-refractivity contribution in [2.24, 2.45) is 17.8 Å². The van der Waals surface area contributed by atoms with Crippen LogP contribution >= 0.6 is 0 Å². The number of phenolic OH excluding ortho intramolecular Hbond substituents is 1. The maximum Gasteiger partial charge on any atom is 0.312 e. The molecule has 4 heterocycles. The van der Waals surface area contributed by atoms with Gasteiger partial charge in [-0.25, -0.2) is 4.98 Å². The molecule has 65 heavy (non-hydrogen) atoms. The molecule has 0 saturated carbocycles. The highest BCUT2D eigenvalue weighted by molar-refractivity contribution is 6.26. The minimum atomic E-state index is -1.95. The van der Waals surface area contributed by atoms with E-state index in [0.29, 0.717) is 55.8 Å². The first-order chi connectivity index (χ1) is 30.7. The lowest BCUT2D eigenvalue weighted by Crippen LogP contribution is -2.39. The van der Waals surface area contributed by atoms with E-state index in [-0.39, 0.29) is 73.3 Å². The summed E-state index contributed by atoms with van der Waals surface area (Å²) < 4.78 is 30.5. The number of ether oxygens (including phenoxy) is 4. The number of carbonyl (C=O) groups is 3. The lowest BCUT2D eigenvalue weighted by Gasteiger charge is -2.30. The fraction of sp³-hybridized carbons (Fsp3) is 0.510. The van der Waals surface area contributed by atoms with Crippen LogP contribution in [0.4, 0.5) is 5.69 Å². The third-order valence-electron chi connectivity index (χ3n) is 12.0. The van der Waals surface area contributed by atoms with Crippen molar-refractivity contribution in [1.29, 1.82) is 0 Å². The number of aliphatic hydroxyl groups excluding tert-OH is 1. The number of fused-ring (bicyclic) bond motifs is 14. The summed E-state index contributed by atoms with van der Waals surface area (Å²) in [4.78, 5) is 62.2. The van der Waals surface area contributed by atoms with E-state index >= 15 is 0 Å². The molecule has 0 saturated heterocycles. The summed E-state index contributed by atoms with van der Waals surface area (Å²) in [6, 6.07) is 5.76. The number of aromatic hydroxyl groups is 1. The maximum atomic E-state index is 14.6. The van der Waals surface area contributed by atoms with Gasteiger partial charge in [-0.05, 0) is 96.8 Å². The average Bonchev–Trinajstić information content (AvgIpc) is 3.51. The second-order valence-electron chi connectivity index (χ2n) is 17.9. The topological polar surface area (TPSA) is 187 Å². The first-order valence-electron chi connectivity index (χ1n) is 22.8. The summed E-state index contributed by atoms with van der Waals surface area (Å²) in [5, 5.41) is 25.9. The molecule has 3 N–H and O–H groups in total. The number of nitrogens with one attached hydrogen (secondary N) is 1. The fourth-order valence-corrected chi connectivity index (χ4v) is 8.72. The van der Waals surface area contributed by atoms with E-state index in [1.807, 2.05) is 40.7 Å². The van der Waals surface area contributed by atoms with Gasteiger partial charge in [0.1, 0.15) is 40.9 Å². The van der Waals surface area contributed by atoms with Gasteiger partial charge in [0.05, 0.1) is 23.3 Å². The molecule has 352 valence electrons. The Kier molecular flexibility index (Phi) is 16.3. The third kappa shape index (κ3) is 10.9. The number of anilines is 1. The van der Waals surface area contributed by atoms with Crippen LogP contribution in [0.25, 0.3) is 33.0 Å². The number of rotatable bonds is 7. The lowest BCUT2D eigenvalue weighted by atomic mass is 9.87. The van der Waals surface area contributed by atoms with Crippen LogP contribution in [0.5, 0.6) is 17.2 Å². The molecule has 1 amide bonds. The van der Waals surface area contributed by atoms with Gasteiger partial charge in [0.25, 0.3) is 11.7 Å². The molecule has 3 aliphatic rings. The Morgan fingerprint density at radius 3 is 2.40 bits per heavy atom. The van der Waals surface area contributed by atoms with Crippen molar-refractivity contribution in [3.8, 4) is 17.2 Å². The summed E-state index contributed by atoms with van der Waals surface area (Å²) >= 11 is 0. The number of amides is 1. The highest BCUT2D eigenvalue weighted by Gasteiger charge is 2.49. The van der Waals surface area contributed by atoms with Crippen LogP contribution < -0.4 is 20.2 Å². The maximum absolute atomic E-state index is 14.6. The zero-order chi connectivity index (χ0) is 48.1. The number of hydrogen-bond acceptors (Lipinski definition) is 13. The number of carbonyl (C=O) groups excluding carboxylic acids is 3. The first-order valence-corrected chi connectivity index (χ1v) is 22.8. The Hall–Kier alpha value is -5.73. The van der Waals surface area contributed by atoms with E-state index in [2.05, 4.69) is 37.9 Å². The van der Waals surface area contributed by atoms with Crippen molar-refractivity contribution in [3.63, 3.8) is 0 Å². The Labute approximate surface area is 381 Å². The molecule has 0 spiro atoms. The van der Waals surface area contributed by atoms with E-state index < -0.39 is 46.8 Å². The number of esters is 1. The van der Waals surface area contributed by atoms with Crippen LogP contribution in [-0.2, 0) is 19.1 Å². The van der Waals surface area contributed by atoms with Gasteiger partial charge in [-0.1, -0.05) is 52.8 Å². The molecular formula is C51H67N3O11. The van der Waals surface area contributed by atoms with E-state index in [0.717, 1.165) is 0 Å². The van der Waals surface area contributed by atoms with Crippen LogP contribution in [0.2, 0.25) is 0 Å². The van der Waals surface area contributed by atoms with Crippen molar-refractivity contribution in [3.05, 3.63) is 75.7 Å². The quantitative estimate of drug-likeness (QED) is 0.0689. The number of phenols is 1. The van der Waals surface area contributed by atoms with Gasteiger partial charge >= 0.3 is 11.8 Å². The van der Waals surface area contributed by atoms with E-state index in [1.165, 1.54) is 27.0 Å². The van der Waals surface area contributed by atoms with Gasteiger partial charge in [0, 0.05) is 55.1 Å². The van der Waals surface area contributed by atoms with Crippen LogP contribution in [0.15, 0.2) is 63.6 Å². The minimum Gasteiger partial charge on any atom is -0.505 e. The molecule has 0 fully saturated rings. The summed E-state index contributed by atoms with van der Waals surface area (Å²) in [5.74, 6) is -4.09. The van der Waals surface area contributed by atoms with Gasteiger partial charge in [-0.3, -0.25) is 24.1 Å². The predicted octanol–water partition coefficient (Wildman–Crippen LogP) is 9.68.